The summed E-state index contributed by atoms with van der Waals surface area (Å²) in [6.07, 6.45) is 3.71. The van der Waals surface area contributed by atoms with Crippen LogP contribution >= 0.6 is 0 Å². The Balaban J connectivity index is 1.36. The van der Waals surface area contributed by atoms with Crippen molar-refractivity contribution in [3.63, 3.8) is 0 Å². The highest BCUT2D eigenvalue weighted by Gasteiger charge is 2.11. The summed E-state index contributed by atoms with van der Waals surface area (Å²) in [6.45, 7) is 0. The van der Waals surface area contributed by atoms with Gasteiger partial charge in [-0.25, -0.2) is 0 Å². The van der Waals surface area contributed by atoms with E-state index in [9.17, 15) is 0 Å². The molecular formula is C35H23N. The molecule has 0 saturated heterocycles. The normalized spacial score (nSPS) is 11.3. The topological polar surface area (TPSA) is 12.9 Å². The molecular weight excluding hydrogens is 434 g/mol. The summed E-state index contributed by atoms with van der Waals surface area (Å²) in [5.41, 5.74) is 7.40. The van der Waals surface area contributed by atoms with Crippen LogP contribution < -0.4 is 0 Å². The van der Waals surface area contributed by atoms with Crippen molar-refractivity contribution >= 4 is 32.3 Å². The van der Waals surface area contributed by atoms with Crippen molar-refractivity contribution in [3.05, 3.63) is 140 Å². The lowest BCUT2D eigenvalue weighted by Crippen LogP contribution is -1.87. The Morgan fingerprint density at radius 1 is 0.333 bits per heavy atom. The Hall–Kier alpha value is -4.75. The fraction of sp³-hybridized carbons (Fsp3) is 0. The number of hydrogen-bond acceptors (Lipinski definition) is 1. The molecule has 0 fully saturated rings. The predicted molar refractivity (Wildman–Crippen MR) is 153 cm³/mol. The molecule has 1 nitrogen and oxygen atoms in total. The minimum Gasteiger partial charge on any atom is -0.265 e. The third-order valence-corrected chi connectivity index (χ3v) is 7.19. The van der Waals surface area contributed by atoms with E-state index in [-0.39, 0.29) is 0 Å². The molecule has 168 valence electrons. The third kappa shape index (κ3) is 3.37. The van der Waals surface area contributed by atoms with Gasteiger partial charge >= 0.3 is 0 Å². The van der Waals surface area contributed by atoms with Gasteiger partial charge in [0.25, 0.3) is 0 Å². The smallest absolute Gasteiger partial charge is 0.0273 e. The quantitative estimate of drug-likeness (QED) is 0.241. The highest BCUT2D eigenvalue weighted by molar-refractivity contribution is 6.14. The molecule has 0 radical (unpaired) electrons. The fourth-order valence-corrected chi connectivity index (χ4v) is 5.46. The van der Waals surface area contributed by atoms with Crippen LogP contribution in [0.3, 0.4) is 0 Å². The second-order valence-electron chi connectivity index (χ2n) is 9.21. The maximum Gasteiger partial charge on any atom is 0.0273 e. The van der Waals surface area contributed by atoms with E-state index >= 15 is 0 Å². The van der Waals surface area contributed by atoms with Crippen LogP contribution in [0.2, 0.25) is 0 Å². The molecule has 0 aliphatic rings. The minimum atomic E-state index is 1.19. The van der Waals surface area contributed by atoms with Gasteiger partial charge in [0, 0.05) is 12.4 Å². The first-order valence-electron chi connectivity index (χ1n) is 12.3. The molecule has 1 aromatic heterocycles. The average molecular weight is 458 g/mol. The van der Waals surface area contributed by atoms with Gasteiger partial charge in [-0.05, 0) is 83.9 Å². The summed E-state index contributed by atoms with van der Waals surface area (Å²) in [5.74, 6) is 0. The molecule has 1 heteroatoms. The Labute approximate surface area is 210 Å². The lowest BCUT2D eigenvalue weighted by molar-refractivity contribution is 1.33. The van der Waals surface area contributed by atoms with Gasteiger partial charge < -0.3 is 0 Å². The fourth-order valence-electron chi connectivity index (χ4n) is 5.46. The van der Waals surface area contributed by atoms with Crippen molar-refractivity contribution in [2.45, 2.75) is 0 Å². The Bertz CT molecular complexity index is 1870. The summed E-state index contributed by atoms with van der Waals surface area (Å²) in [6, 6.07) is 46.0. The molecule has 7 rings (SSSR count). The zero-order chi connectivity index (χ0) is 23.9. The van der Waals surface area contributed by atoms with Gasteiger partial charge in [-0.2, -0.15) is 0 Å². The highest BCUT2D eigenvalue weighted by Crippen LogP contribution is 2.38. The molecule has 36 heavy (non-hydrogen) atoms. The number of fused-ring (bicyclic) bond motifs is 4. The molecule has 0 aliphatic carbocycles. The minimum absolute atomic E-state index is 1.19. The maximum atomic E-state index is 4.18. The van der Waals surface area contributed by atoms with Crippen LogP contribution in [0.15, 0.2) is 140 Å². The first-order valence-corrected chi connectivity index (χ1v) is 12.3. The van der Waals surface area contributed by atoms with Crippen LogP contribution in [0.5, 0.6) is 0 Å². The van der Waals surface area contributed by atoms with Gasteiger partial charge in [-0.3, -0.25) is 4.98 Å². The zero-order valence-electron chi connectivity index (χ0n) is 19.7. The standard InChI is InChI=1S/C35H23N/c1-2-8-28-27(7-1)23-35(34-12-6-5-9-31(28)34)25-15-13-24(14-16-25)29-17-18-30(26-19-21-36-22-20-26)33-11-4-3-10-32(29)33/h1-23H. The van der Waals surface area contributed by atoms with Crippen LogP contribution in [0, 0.1) is 0 Å². The van der Waals surface area contributed by atoms with Gasteiger partial charge in [0.15, 0.2) is 0 Å². The van der Waals surface area contributed by atoms with Crippen molar-refractivity contribution in [2.75, 3.05) is 0 Å². The summed E-state index contributed by atoms with van der Waals surface area (Å²) < 4.78 is 0. The SMILES string of the molecule is c1ccc2c(c1)cc(-c1ccc(-c3ccc(-c4ccncc4)c4ccccc34)cc1)c1ccccc12. The average Bonchev–Trinajstić information content (AvgIpc) is 2.97. The summed E-state index contributed by atoms with van der Waals surface area (Å²) >= 11 is 0. The first-order chi connectivity index (χ1) is 17.9. The number of aromatic nitrogens is 1. The van der Waals surface area contributed by atoms with Gasteiger partial charge in [0.2, 0.25) is 0 Å². The summed E-state index contributed by atoms with van der Waals surface area (Å²) in [4.78, 5) is 4.18. The Kier molecular flexibility index (Phi) is 4.85. The van der Waals surface area contributed by atoms with Crippen LogP contribution in [0.4, 0.5) is 0 Å². The van der Waals surface area contributed by atoms with Crippen molar-refractivity contribution in [3.8, 4) is 33.4 Å². The molecule has 0 atom stereocenters. The predicted octanol–water partition coefficient (Wildman–Crippen LogP) is 9.54. The van der Waals surface area contributed by atoms with E-state index in [1.54, 1.807) is 0 Å². The van der Waals surface area contributed by atoms with E-state index in [0.717, 1.165) is 0 Å². The van der Waals surface area contributed by atoms with Crippen LogP contribution in [-0.4, -0.2) is 4.98 Å². The van der Waals surface area contributed by atoms with E-state index in [0.29, 0.717) is 0 Å². The first kappa shape index (κ1) is 20.6. The molecule has 0 amide bonds. The lowest BCUT2D eigenvalue weighted by Gasteiger charge is -2.14. The van der Waals surface area contributed by atoms with Gasteiger partial charge in [0.1, 0.15) is 0 Å². The summed E-state index contributed by atoms with van der Waals surface area (Å²) in [7, 11) is 0. The van der Waals surface area contributed by atoms with Gasteiger partial charge in [-0.1, -0.05) is 109 Å². The lowest BCUT2D eigenvalue weighted by atomic mass is 9.90. The molecule has 0 N–H and O–H groups in total. The van der Waals surface area contributed by atoms with Crippen LogP contribution in [0.1, 0.15) is 0 Å². The largest absolute Gasteiger partial charge is 0.265 e. The van der Waals surface area contributed by atoms with E-state index in [1.165, 1.54) is 65.7 Å². The second kappa shape index (κ2) is 8.48. The number of nitrogens with zero attached hydrogens (tertiary/aromatic N) is 1. The Morgan fingerprint density at radius 3 is 1.39 bits per heavy atom. The van der Waals surface area contributed by atoms with E-state index in [1.807, 2.05) is 12.4 Å². The third-order valence-electron chi connectivity index (χ3n) is 7.19. The second-order valence-corrected chi connectivity index (χ2v) is 9.21. The molecule has 0 bridgehead atoms. The van der Waals surface area contributed by atoms with Crippen LogP contribution in [-0.2, 0) is 0 Å². The van der Waals surface area contributed by atoms with E-state index in [2.05, 4.69) is 132 Å². The molecule has 0 saturated carbocycles. The molecule has 7 aromatic rings. The van der Waals surface area contributed by atoms with E-state index < -0.39 is 0 Å². The number of benzene rings is 6. The van der Waals surface area contributed by atoms with Crippen molar-refractivity contribution < 1.29 is 0 Å². The number of pyridine rings is 1. The van der Waals surface area contributed by atoms with E-state index in [4.69, 9.17) is 0 Å². The van der Waals surface area contributed by atoms with Crippen molar-refractivity contribution in [1.82, 2.24) is 4.98 Å². The number of hydrogen-bond donors (Lipinski definition) is 0. The molecule has 0 unspecified atom stereocenters. The van der Waals surface area contributed by atoms with Crippen molar-refractivity contribution in [2.24, 2.45) is 0 Å². The van der Waals surface area contributed by atoms with Gasteiger partial charge in [-0.15, -0.1) is 0 Å². The number of rotatable bonds is 3. The van der Waals surface area contributed by atoms with Gasteiger partial charge in [0.05, 0.1) is 0 Å². The highest BCUT2D eigenvalue weighted by atomic mass is 14.6. The Morgan fingerprint density at radius 2 is 0.778 bits per heavy atom. The zero-order valence-corrected chi connectivity index (χ0v) is 19.7. The molecule has 0 aliphatic heterocycles. The molecule has 6 aromatic carbocycles. The maximum absolute atomic E-state index is 4.18. The summed E-state index contributed by atoms with van der Waals surface area (Å²) in [5, 5.41) is 7.67. The van der Waals surface area contributed by atoms with Crippen LogP contribution in [0.25, 0.3) is 65.7 Å². The molecule has 1 heterocycles. The molecule has 0 spiro atoms. The monoisotopic (exact) mass is 457 g/mol. The van der Waals surface area contributed by atoms with Crippen molar-refractivity contribution in [1.29, 1.82) is 0 Å².